The summed E-state index contributed by atoms with van der Waals surface area (Å²) in [5, 5.41) is 16.4. The predicted octanol–water partition coefficient (Wildman–Crippen LogP) is 3.95. The molecule has 2 aromatic heterocycles. The zero-order valence-electron chi connectivity index (χ0n) is 18.5. The standard InChI is InChI=1S/C23H28FN5O3/c1-4-5-8-23(2,14-31)29-21-20-18(10-17(24)12-25-20)27-22(28-21)26-11-16-7-6-15(13-30)9-19(16)32-3/h6-7,9-10,12-13,31H,4-5,8,11,14H2,1-3H3,(H2,26,27,28,29)/t23-/m1/s1. The Morgan fingerprint density at radius 3 is 2.78 bits per heavy atom. The van der Waals surface area contributed by atoms with Gasteiger partial charge >= 0.3 is 0 Å². The van der Waals surface area contributed by atoms with E-state index in [9.17, 15) is 14.3 Å². The smallest absolute Gasteiger partial charge is 0.225 e. The highest BCUT2D eigenvalue weighted by atomic mass is 19.1. The number of aliphatic hydroxyl groups excluding tert-OH is 1. The topological polar surface area (TPSA) is 109 Å². The Balaban J connectivity index is 1.93. The SMILES string of the molecule is CCCC[C@](C)(CO)Nc1nc(NCc2ccc(C=O)cc2OC)nc2cc(F)cnc12. The third kappa shape index (κ3) is 5.47. The lowest BCUT2D eigenvalue weighted by Gasteiger charge is -2.29. The molecule has 0 bridgehead atoms. The number of unbranched alkanes of at least 4 members (excludes halogenated alkanes) is 1. The zero-order chi connectivity index (χ0) is 23.1. The van der Waals surface area contributed by atoms with Crippen LogP contribution in [-0.4, -0.2) is 45.6 Å². The first-order valence-electron chi connectivity index (χ1n) is 10.5. The van der Waals surface area contributed by atoms with Crippen molar-refractivity contribution in [1.82, 2.24) is 15.0 Å². The monoisotopic (exact) mass is 441 g/mol. The number of hydrogen-bond donors (Lipinski definition) is 3. The van der Waals surface area contributed by atoms with Crippen molar-refractivity contribution in [2.45, 2.75) is 45.2 Å². The average molecular weight is 442 g/mol. The van der Waals surface area contributed by atoms with E-state index in [1.165, 1.54) is 13.2 Å². The Bertz CT molecular complexity index is 1090. The maximum absolute atomic E-state index is 13.8. The Morgan fingerprint density at radius 2 is 2.09 bits per heavy atom. The van der Waals surface area contributed by atoms with Crippen LogP contribution in [0.1, 0.15) is 49.0 Å². The van der Waals surface area contributed by atoms with Crippen molar-refractivity contribution in [2.24, 2.45) is 0 Å². The minimum absolute atomic E-state index is 0.0945. The molecule has 0 aliphatic rings. The normalized spacial score (nSPS) is 12.9. The number of pyridine rings is 1. The summed E-state index contributed by atoms with van der Waals surface area (Å²) in [5.74, 6) is 0.731. The summed E-state index contributed by atoms with van der Waals surface area (Å²) in [5.41, 5.74) is 1.45. The molecule has 1 aromatic carbocycles. The van der Waals surface area contributed by atoms with Crippen LogP contribution < -0.4 is 15.4 Å². The summed E-state index contributed by atoms with van der Waals surface area (Å²) in [6.07, 6.45) is 4.52. The zero-order valence-corrected chi connectivity index (χ0v) is 18.5. The molecule has 32 heavy (non-hydrogen) atoms. The number of anilines is 2. The molecule has 3 aromatic rings. The molecule has 0 saturated carbocycles. The molecule has 0 aliphatic heterocycles. The lowest BCUT2D eigenvalue weighted by Crippen LogP contribution is -2.39. The van der Waals surface area contributed by atoms with Gasteiger partial charge in [0.05, 0.1) is 31.0 Å². The van der Waals surface area contributed by atoms with E-state index in [1.807, 2.05) is 6.92 Å². The van der Waals surface area contributed by atoms with Crippen LogP contribution in [0.15, 0.2) is 30.5 Å². The number of nitrogens with one attached hydrogen (secondary N) is 2. The number of carbonyl (C=O) groups excluding carboxylic acids is 1. The van der Waals surface area contributed by atoms with Gasteiger partial charge in [-0.3, -0.25) is 4.79 Å². The van der Waals surface area contributed by atoms with E-state index in [0.717, 1.165) is 37.3 Å². The second-order valence-electron chi connectivity index (χ2n) is 7.91. The Labute approximate surface area is 186 Å². The number of ether oxygens (including phenoxy) is 1. The van der Waals surface area contributed by atoms with Gasteiger partial charge in [0, 0.05) is 23.7 Å². The predicted molar refractivity (Wildman–Crippen MR) is 122 cm³/mol. The van der Waals surface area contributed by atoms with Gasteiger partial charge in [0.2, 0.25) is 5.95 Å². The number of hydrogen-bond acceptors (Lipinski definition) is 8. The molecule has 2 heterocycles. The molecule has 0 aliphatic carbocycles. The number of nitrogens with zero attached hydrogens (tertiary/aromatic N) is 3. The molecular formula is C23H28FN5O3. The van der Waals surface area contributed by atoms with Gasteiger partial charge in [0.15, 0.2) is 5.82 Å². The van der Waals surface area contributed by atoms with Crippen LogP contribution in [0, 0.1) is 5.82 Å². The number of benzene rings is 1. The number of aliphatic hydroxyl groups is 1. The summed E-state index contributed by atoms with van der Waals surface area (Å²) in [6.45, 7) is 4.22. The van der Waals surface area contributed by atoms with Crippen molar-refractivity contribution in [1.29, 1.82) is 0 Å². The largest absolute Gasteiger partial charge is 0.496 e. The van der Waals surface area contributed by atoms with Gasteiger partial charge in [-0.15, -0.1) is 0 Å². The van der Waals surface area contributed by atoms with Gasteiger partial charge in [-0.2, -0.15) is 4.98 Å². The Hall–Kier alpha value is -3.33. The Kier molecular flexibility index (Phi) is 7.53. The molecule has 0 radical (unpaired) electrons. The second kappa shape index (κ2) is 10.3. The summed E-state index contributed by atoms with van der Waals surface area (Å²) >= 11 is 0. The summed E-state index contributed by atoms with van der Waals surface area (Å²) in [7, 11) is 1.53. The van der Waals surface area contributed by atoms with Crippen molar-refractivity contribution in [3.05, 3.63) is 47.4 Å². The second-order valence-corrected chi connectivity index (χ2v) is 7.91. The summed E-state index contributed by atoms with van der Waals surface area (Å²) < 4.78 is 19.2. The molecule has 0 spiro atoms. The number of aldehydes is 1. The third-order valence-electron chi connectivity index (χ3n) is 5.24. The van der Waals surface area contributed by atoms with Crippen LogP contribution in [0.25, 0.3) is 11.0 Å². The van der Waals surface area contributed by atoms with Crippen LogP contribution in [-0.2, 0) is 6.54 Å². The average Bonchev–Trinajstić information content (AvgIpc) is 2.81. The van der Waals surface area contributed by atoms with Crippen LogP contribution in [0.5, 0.6) is 5.75 Å². The molecular weight excluding hydrogens is 413 g/mol. The minimum atomic E-state index is -0.613. The molecule has 8 nitrogen and oxygen atoms in total. The van der Waals surface area contributed by atoms with Crippen molar-refractivity contribution in [2.75, 3.05) is 24.4 Å². The molecule has 170 valence electrons. The fourth-order valence-corrected chi connectivity index (χ4v) is 3.35. The maximum atomic E-state index is 13.8. The molecule has 0 saturated heterocycles. The van der Waals surface area contributed by atoms with Crippen LogP contribution in [0.3, 0.4) is 0 Å². The van der Waals surface area contributed by atoms with Gasteiger partial charge < -0.3 is 20.5 Å². The van der Waals surface area contributed by atoms with Gasteiger partial charge in [-0.25, -0.2) is 14.4 Å². The third-order valence-corrected chi connectivity index (χ3v) is 5.24. The molecule has 9 heteroatoms. The van der Waals surface area contributed by atoms with Crippen LogP contribution >= 0.6 is 0 Å². The number of fused-ring (bicyclic) bond motifs is 1. The first kappa shape index (κ1) is 23.3. The lowest BCUT2D eigenvalue weighted by molar-refractivity contribution is 0.112. The van der Waals surface area contributed by atoms with Gasteiger partial charge in [0.25, 0.3) is 0 Å². The van der Waals surface area contributed by atoms with Crippen molar-refractivity contribution >= 4 is 29.1 Å². The molecule has 3 N–H and O–H groups in total. The van der Waals surface area contributed by atoms with Crippen molar-refractivity contribution < 1.29 is 19.0 Å². The van der Waals surface area contributed by atoms with Gasteiger partial charge in [-0.1, -0.05) is 31.9 Å². The van der Waals surface area contributed by atoms with Crippen LogP contribution in [0.2, 0.25) is 0 Å². The number of methoxy groups -OCH3 is 1. The van der Waals surface area contributed by atoms with Crippen LogP contribution in [0.4, 0.5) is 16.2 Å². The first-order valence-corrected chi connectivity index (χ1v) is 10.5. The van der Waals surface area contributed by atoms with E-state index in [1.54, 1.807) is 18.2 Å². The maximum Gasteiger partial charge on any atom is 0.225 e. The number of rotatable bonds is 11. The van der Waals surface area contributed by atoms with E-state index in [4.69, 9.17) is 4.74 Å². The van der Waals surface area contributed by atoms with E-state index < -0.39 is 11.4 Å². The minimum Gasteiger partial charge on any atom is -0.496 e. The Morgan fingerprint density at radius 1 is 1.28 bits per heavy atom. The number of aromatic nitrogens is 3. The summed E-state index contributed by atoms with van der Waals surface area (Å²) in [4.78, 5) is 24.1. The van der Waals surface area contributed by atoms with Crippen molar-refractivity contribution in [3.63, 3.8) is 0 Å². The quantitative estimate of drug-likeness (QED) is 0.384. The fourth-order valence-electron chi connectivity index (χ4n) is 3.35. The number of halogens is 1. The fraction of sp³-hybridized carbons (Fsp3) is 0.391. The highest BCUT2D eigenvalue weighted by Gasteiger charge is 2.25. The molecule has 0 amide bonds. The lowest BCUT2D eigenvalue weighted by atomic mass is 9.96. The van der Waals surface area contributed by atoms with Gasteiger partial charge in [-0.05, 0) is 19.4 Å². The van der Waals surface area contributed by atoms with E-state index in [-0.39, 0.29) is 12.6 Å². The van der Waals surface area contributed by atoms with Gasteiger partial charge in [0.1, 0.15) is 23.4 Å². The number of carbonyl (C=O) groups is 1. The highest BCUT2D eigenvalue weighted by molar-refractivity contribution is 5.86. The van der Waals surface area contributed by atoms with E-state index in [2.05, 4.69) is 32.5 Å². The first-order chi connectivity index (χ1) is 15.4. The molecule has 1 atom stereocenters. The van der Waals surface area contributed by atoms with E-state index in [0.29, 0.717) is 34.7 Å². The molecule has 3 rings (SSSR count). The van der Waals surface area contributed by atoms with E-state index >= 15 is 0 Å². The molecule has 0 unspecified atom stereocenters. The van der Waals surface area contributed by atoms with Crippen molar-refractivity contribution in [3.8, 4) is 5.75 Å². The highest BCUT2D eigenvalue weighted by Crippen LogP contribution is 2.27. The summed E-state index contributed by atoms with van der Waals surface area (Å²) in [6, 6.07) is 6.42. The molecule has 0 fully saturated rings.